The van der Waals surface area contributed by atoms with Crippen molar-refractivity contribution in [2.45, 2.75) is 40.0 Å². The summed E-state index contributed by atoms with van der Waals surface area (Å²) in [4.78, 5) is 24.5. The third-order valence-corrected chi connectivity index (χ3v) is 6.39. The Morgan fingerprint density at radius 3 is 2.08 bits per heavy atom. The second-order valence-electron chi connectivity index (χ2n) is 8.57. The topological polar surface area (TPSA) is 100 Å². The van der Waals surface area contributed by atoms with Crippen molar-refractivity contribution < 1.29 is 28.5 Å². The van der Waals surface area contributed by atoms with Crippen LogP contribution in [0.3, 0.4) is 0 Å². The number of carbonyl (C=O) groups excluding carboxylic acids is 2. The summed E-state index contributed by atoms with van der Waals surface area (Å²) < 4.78 is 24.4. The molecular formula is C28H33N3O6. The van der Waals surface area contributed by atoms with Gasteiger partial charge in [0.1, 0.15) is 13.2 Å². The van der Waals surface area contributed by atoms with Crippen LogP contribution in [0.15, 0.2) is 42.5 Å². The number of hydrogen-bond donors (Lipinski definition) is 2. The van der Waals surface area contributed by atoms with Crippen LogP contribution in [0.25, 0.3) is 11.3 Å². The number of benzene rings is 2. The maximum Gasteiger partial charge on any atom is 0.407 e. The molecule has 1 aromatic heterocycles. The number of amides is 2. The summed E-state index contributed by atoms with van der Waals surface area (Å²) in [6.07, 6.45) is -0.350. The lowest BCUT2D eigenvalue weighted by Gasteiger charge is -2.23. The van der Waals surface area contributed by atoms with E-state index in [0.717, 1.165) is 28.1 Å². The number of nitrogens with zero attached hydrogens (tertiary/aromatic N) is 1. The van der Waals surface area contributed by atoms with Crippen molar-refractivity contribution in [3.8, 4) is 22.8 Å². The molecule has 1 aliphatic rings. The van der Waals surface area contributed by atoms with Crippen LogP contribution >= 0.6 is 0 Å². The van der Waals surface area contributed by atoms with Crippen LogP contribution in [0.5, 0.6) is 11.5 Å². The molecule has 9 heteroatoms. The first-order chi connectivity index (χ1) is 18.0. The summed E-state index contributed by atoms with van der Waals surface area (Å²) in [5.74, 6) is 1.20. The standard InChI is InChI=1S/C28H33N3O6/c1-5-29-27(32)36-16-21-22(17-37-28(33)30-6-2)26(19-11-12-24(34-3)25(14-19)35-4)31-15-20-10-8-7-9-18(20)13-23(21)31/h7-12,14H,5-6,13,15-17H2,1-4H3,(H,29,32)(H,30,33). The fourth-order valence-electron chi connectivity index (χ4n) is 4.70. The second-order valence-corrected chi connectivity index (χ2v) is 8.57. The Hall–Kier alpha value is -4.14. The second kappa shape index (κ2) is 11.7. The van der Waals surface area contributed by atoms with Crippen LogP contribution in [0, 0.1) is 0 Å². The molecule has 2 amide bonds. The Labute approximate surface area is 216 Å². The van der Waals surface area contributed by atoms with Crippen molar-refractivity contribution in [1.29, 1.82) is 0 Å². The van der Waals surface area contributed by atoms with Crippen LogP contribution in [0.1, 0.15) is 41.8 Å². The zero-order valence-corrected chi connectivity index (χ0v) is 21.7. The molecule has 0 spiro atoms. The minimum absolute atomic E-state index is 0.0138. The molecule has 4 rings (SSSR count). The molecule has 0 aliphatic carbocycles. The summed E-state index contributed by atoms with van der Waals surface area (Å²) in [5.41, 5.74) is 6.80. The van der Waals surface area contributed by atoms with E-state index in [4.69, 9.17) is 18.9 Å². The molecular weight excluding hydrogens is 474 g/mol. The van der Waals surface area contributed by atoms with E-state index >= 15 is 0 Å². The highest BCUT2D eigenvalue weighted by atomic mass is 16.6. The van der Waals surface area contributed by atoms with E-state index in [1.807, 2.05) is 44.2 Å². The molecule has 0 saturated heterocycles. The molecule has 0 radical (unpaired) electrons. The number of rotatable bonds is 9. The molecule has 2 N–H and O–H groups in total. The summed E-state index contributed by atoms with van der Waals surface area (Å²) in [5, 5.41) is 5.34. The molecule has 9 nitrogen and oxygen atoms in total. The number of nitrogens with one attached hydrogen (secondary N) is 2. The Morgan fingerprint density at radius 2 is 1.46 bits per heavy atom. The van der Waals surface area contributed by atoms with Gasteiger partial charge in [-0.2, -0.15) is 0 Å². The zero-order valence-electron chi connectivity index (χ0n) is 21.7. The third kappa shape index (κ3) is 5.50. The molecule has 0 bridgehead atoms. The lowest BCUT2D eigenvalue weighted by Crippen LogP contribution is -2.24. The molecule has 3 aromatic rings. The summed E-state index contributed by atoms with van der Waals surface area (Å²) >= 11 is 0. The number of methoxy groups -OCH3 is 2. The fourth-order valence-corrected chi connectivity index (χ4v) is 4.70. The van der Waals surface area contributed by atoms with Gasteiger partial charge < -0.3 is 34.1 Å². The predicted molar refractivity (Wildman–Crippen MR) is 139 cm³/mol. The van der Waals surface area contributed by atoms with Crippen LogP contribution in [0.4, 0.5) is 9.59 Å². The summed E-state index contributed by atoms with van der Waals surface area (Å²) in [7, 11) is 3.19. The lowest BCUT2D eigenvalue weighted by molar-refractivity contribution is 0.132. The number of ether oxygens (including phenoxy) is 4. The monoisotopic (exact) mass is 507 g/mol. The van der Waals surface area contributed by atoms with E-state index in [2.05, 4.69) is 27.3 Å². The van der Waals surface area contributed by atoms with Crippen molar-refractivity contribution in [3.05, 3.63) is 70.4 Å². The largest absolute Gasteiger partial charge is 0.493 e. The van der Waals surface area contributed by atoms with Gasteiger partial charge >= 0.3 is 12.2 Å². The number of alkyl carbamates (subject to hydrolysis) is 2. The number of fused-ring (bicyclic) bond motifs is 2. The van der Waals surface area contributed by atoms with E-state index in [0.29, 0.717) is 37.6 Å². The highest BCUT2D eigenvalue weighted by Gasteiger charge is 2.29. The smallest absolute Gasteiger partial charge is 0.407 e. The molecule has 1 aliphatic heterocycles. The Morgan fingerprint density at radius 1 is 0.838 bits per heavy atom. The van der Waals surface area contributed by atoms with Gasteiger partial charge in [0.05, 0.1) is 19.9 Å². The molecule has 0 saturated carbocycles. The average molecular weight is 508 g/mol. The van der Waals surface area contributed by atoms with Crippen molar-refractivity contribution in [1.82, 2.24) is 15.2 Å². The van der Waals surface area contributed by atoms with Crippen LogP contribution in [-0.4, -0.2) is 44.1 Å². The highest BCUT2D eigenvalue weighted by Crippen LogP contribution is 2.40. The van der Waals surface area contributed by atoms with Gasteiger partial charge in [-0.1, -0.05) is 24.3 Å². The first-order valence-corrected chi connectivity index (χ1v) is 12.3. The fraction of sp³-hybridized carbons (Fsp3) is 0.357. The Balaban J connectivity index is 1.87. The maximum absolute atomic E-state index is 12.3. The third-order valence-electron chi connectivity index (χ3n) is 6.39. The quantitative estimate of drug-likeness (QED) is 0.343. The molecule has 0 fully saturated rings. The van der Waals surface area contributed by atoms with Gasteiger partial charge in [0, 0.05) is 48.4 Å². The van der Waals surface area contributed by atoms with Crippen molar-refractivity contribution in [2.75, 3.05) is 27.3 Å². The van der Waals surface area contributed by atoms with Gasteiger partial charge in [-0.3, -0.25) is 0 Å². The average Bonchev–Trinajstić information content (AvgIpc) is 3.21. The summed E-state index contributed by atoms with van der Waals surface area (Å²) in [6, 6.07) is 14.0. The van der Waals surface area contributed by atoms with Crippen molar-refractivity contribution in [2.24, 2.45) is 0 Å². The van der Waals surface area contributed by atoms with Gasteiger partial charge in [0.2, 0.25) is 0 Å². The van der Waals surface area contributed by atoms with Gasteiger partial charge in [0.25, 0.3) is 0 Å². The minimum Gasteiger partial charge on any atom is -0.493 e. The molecule has 196 valence electrons. The van der Waals surface area contributed by atoms with Crippen LogP contribution in [0.2, 0.25) is 0 Å². The Kier molecular flexibility index (Phi) is 8.22. The normalized spacial score (nSPS) is 11.7. The first-order valence-electron chi connectivity index (χ1n) is 12.3. The SMILES string of the molecule is CCNC(=O)OCc1c(COC(=O)NCC)c(-c2ccc(OC)c(OC)c2)n2c1Cc1ccccc1C2. The van der Waals surface area contributed by atoms with E-state index in [1.165, 1.54) is 11.1 Å². The molecule has 0 unspecified atom stereocenters. The minimum atomic E-state index is -0.510. The number of aromatic nitrogens is 1. The maximum atomic E-state index is 12.3. The number of carbonyl (C=O) groups is 2. The molecule has 0 atom stereocenters. The lowest BCUT2D eigenvalue weighted by atomic mass is 9.97. The van der Waals surface area contributed by atoms with E-state index in [-0.39, 0.29) is 13.2 Å². The van der Waals surface area contributed by atoms with Crippen molar-refractivity contribution >= 4 is 12.2 Å². The van der Waals surface area contributed by atoms with E-state index in [1.54, 1.807) is 14.2 Å². The molecule has 2 aromatic carbocycles. The first kappa shape index (κ1) is 25.9. The Bertz CT molecular complexity index is 1280. The van der Waals surface area contributed by atoms with E-state index in [9.17, 15) is 9.59 Å². The van der Waals surface area contributed by atoms with Gasteiger partial charge in [-0.25, -0.2) is 9.59 Å². The summed E-state index contributed by atoms with van der Waals surface area (Å²) in [6.45, 7) is 5.27. The number of hydrogen-bond acceptors (Lipinski definition) is 6. The zero-order chi connectivity index (χ0) is 26.4. The highest BCUT2D eigenvalue weighted by molar-refractivity contribution is 5.73. The predicted octanol–water partition coefficient (Wildman–Crippen LogP) is 4.62. The van der Waals surface area contributed by atoms with Gasteiger partial charge in [0.15, 0.2) is 11.5 Å². The van der Waals surface area contributed by atoms with E-state index < -0.39 is 12.2 Å². The van der Waals surface area contributed by atoms with Crippen molar-refractivity contribution in [3.63, 3.8) is 0 Å². The van der Waals surface area contributed by atoms with Crippen LogP contribution < -0.4 is 20.1 Å². The molecule has 37 heavy (non-hydrogen) atoms. The molecule has 2 heterocycles. The van der Waals surface area contributed by atoms with Gasteiger partial charge in [-0.15, -0.1) is 0 Å². The van der Waals surface area contributed by atoms with Crippen LogP contribution in [-0.2, 0) is 35.7 Å². The van der Waals surface area contributed by atoms with Gasteiger partial charge in [-0.05, 0) is 43.2 Å².